The highest BCUT2D eigenvalue weighted by molar-refractivity contribution is 8.00. The lowest BCUT2D eigenvalue weighted by Gasteiger charge is -2.26. The summed E-state index contributed by atoms with van der Waals surface area (Å²) in [5.74, 6) is 0.207. The average molecular weight is 378 g/mol. The number of thioether (sulfide) groups is 1. The van der Waals surface area contributed by atoms with Gasteiger partial charge in [0, 0.05) is 18.8 Å². The van der Waals surface area contributed by atoms with Gasteiger partial charge in [-0.3, -0.25) is 9.59 Å². The Morgan fingerprint density at radius 1 is 1.22 bits per heavy atom. The van der Waals surface area contributed by atoms with Gasteiger partial charge in [-0.2, -0.15) is 0 Å². The summed E-state index contributed by atoms with van der Waals surface area (Å²) < 4.78 is 5.19. The fraction of sp³-hybridized carbons (Fsp3) is 0.429. The number of nitrogens with one attached hydrogen (secondary N) is 1. The normalized spacial score (nSPS) is 14.6. The fourth-order valence-electron chi connectivity index (χ4n) is 1.99. The second-order valence-corrected chi connectivity index (χ2v) is 6.69. The Morgan fingerprint density at radius 3 is 2.43 bits per heavy atom. The summed E-state index contributed by atoms with van der Waals surface area (Å²) >= 11 is 13.1. The molecule has 9 heteroatoms. The third-order valence-electron chi connectivity index (χ3n) is 3.19. The number of anilines is 2. The number of nitrogen functional groups attached to an aromatic ring is 1. The van der Waals surface area contributed by atoms with Gasteiger partial charge < -0.3 is 20.7 Å². The molecule has 0 spiro atoms. The van der Waals surface area contributed by atoms with E-state index in [1.165, 1.54) is 23.9 Å². The number of halogens is 2. The van der Waals surface area contributed by atoms with Crippen molar-refractivity contribution in [2.45, 2.75) is 0 Å². The van der Waals surface area contributed by atoms with Crippen LogP contribution in [0.2, 0.25) is 10.0 Å². The largest absolute Gasteiger partial charge is 0.396 e. The van der Waals surface area contributed by atoms with E-state index in [1.54, 1.807) is 4.90 Å². The van der Waals surface area contributed by atoms with Crippen molar-refractivity contribution < 1.29 is 14.3 Å². The van der Waals surface area contributed by atoms with Crippen molar-refractivity contribution in [1.82, 2.24) is 4.90 Å². The number of hydrogen-bond acceptors (Lipinski definition) is 5. The number of nitrogens with zero attached hydrogens (tertiary/aromatic N) is 1. The molecule has 1 saturated heterocycles. The Hall–Kier alpha value is -1.15. The highest BCUT2D eigenvalue weighted by Gasteiger charge is 2.17. The third-order valence-corrected chi connectivity index (χ3v) is 4.73. The molecule has 0 atom stereocenters. The van der Waals surface area contributed by atoms with Gasteiger partial charge in [0.1, 0.15) is 0 Å². The number of benzene rings is 1. The zero-order valence-corrected chi connectivity index (χ0v) is 14.6. The van der Waals surface area contributed by atoms with Crippen LogP contribution in [0.3, 0.4) is 0 Å². The molecule has 0 radical (unpaired) electrons. The summed E-state index contributed by atoms with van der Waals surface area (Å²) in [5, 5.41) is 3.24. The van der Waals surface area contributed by atoms with Crippen LogP contribution in [0.25, 0.3) is 0 Å². The summed E-state index contributed by atoms with van der Waals surface area (Å²) in [6, 6.07) is 3.06. The van der Waals surface area contributed by atoms with Gasteiger partial charge >= 0.3 is 0 Å². The maximum absolute atomic E-state index is 11.9. The molecule has 2 rings (SSSR count). The van der Waals surface area contributed by atoms with Crippen molar-refractivity contribution in [3.05, 3.63) is 22.2 Å². The first-order valence-corrected chi connectivity index (χ1v) is 8.86. The number of hydrogen-bond donors (Lipinski definition) is 2. The van der Waals surface area contributed by atoms with Crippen LogP contribution in [-0.2, 0) is 14.3 Å². The summed E-state index contributed by atoms with van der Waals surface area (Å²) in [5.41, 5.74) is 6.38. The molecule has 1 aliphatic rings. The second-order valence-electron chi connectivity index (χ2n) is 4.89. The smallest absolute Gasteiger partial charge is 0.234 e. The van der Waals surface area contributed by atoms with E-state index in [0.717, 1.165) is 0 Å². The maximum atomic E-state index is 11.9. The third kappa shape index (κ3) is 5.46. The molecule has 3 N–H and O–H groups in total. The van der Waals surface area contributed by atoms with Crippen molar-refractivity contribution in [3.8, 4) is 0 Å². The first-order chi connectivity index (χ1) is 11.0. The van der Waals surface area contributed by atoms with Crippen LogP contribution in [0.4, 0.5) is 11.4 Å². The summed E-state index contributed by atoms with van der Waals surface area (Å²) in [7, 11) is 0. The minimum absolute atomic E-state index is 0.0182. The van der Waals surface area contributed by atoms with E-state index in [4.69, 9.17) is 33.7 Å². The van der Waals surface area contributed by atoms with E-state index in [1.807, 2.05) is 0 Å². The highest BCUT2D eigenvalue weighted by atomic mass is 35.5. The first-order valence-electron chi connectivity index (χ1n) is 6.95. The molecule has 0 aromatic heterocycles. The van der Waals surface area contributed by atoms with Crippen LogP contribution in [0, 0.1) is 0 Å². The lowest BCUT2D eigenvalue weighted by molar-refractivity contribution is -0.132. The average Bonchev–Trinajstić information content (AvgIpc) is 2.53. The predicted octanol–water partition coefficient (Wildman–Crippen LogP) is 2.11. The lowest BCUT2D eigenvalue weighted by atomic mass is 10.3. The van der Waals surface area contributed by atoms with Gasteiger partial charge in [-0.1, -0.05) is 23.2 Å². The van der Waals surface area contributed by atoms with Crippen molar-refractivity contribution in [2.75, 3.05) is 48.9 Å². The van der Waals surface area contributed by atoms with Crippen LogP contribution in [0.15, 0.2) is 12.1 Å². The zero-order valence-electron chi connectivity index (χ0n) is 12.3. The molecule has 1 fully saturated rings. The lowest BCUT2D eigenvalue weighted by Crippen LogP contribution is -2.41. The Morgan fingerprint density at radius 2 is 1.83 bits per heavy atom. The van der Waals surface area contributed by atoms with Crippen LogP contribution in [0.1, 0.15) is 0 Å². The van der Waals surface area contributed by atoms with Crippen LogP contribution in [0.5, 0.6) is 0 Å². The number of carbonyl (C=O) groups excluding carboxylic acids is 2. The van der Waals surface area contributed by atoms with Gasteiger partial charge in [-0.05, 0) is 12.1 Å². The van der Waals surface area contributed by atoms with Crippen molar-refractivity contribution >= 4 is 58.2 Å². The first kappa shape index (κ1) is 18.2. The van der Waals surface area contributed by atoms with Crippen LogP contribution >= 0.6 is 35.0 Å². The molecule has 0 aliphatic carbocycles. The van der Waals surface area contributed by atoms with Crippen LogP contribution in [-0.4, -0.2) is 54.5 Å². The molecule has 0 saturated carbocycles. The van der Waals surface area contributed by atoms with E-state index in [0.29, 0.717) is 32.0 Å². The SMILES string of the molecule is Nc1c(Cl)cc(NC(=O)CSCC(=O)N2CCOCC2)cc1Cl. The second kappa shape index (κ2) is 8.63. The molecule has 2 amide bonds. The Bertz CT molecular complexity index is 572. The number of rotatable bonds is 5. The summed E-state index contributed by atoms with van der Waals surface area (Å²) in [4.78, 5) is 25.6. The fourth-order valence-corrected chi connectivity index (χ4v) is 3.19. The zero-order chi connectivity index (χ0) is 16.8. The quantitative estimate of drug-likeness (QED) is 0.767. The molecule has 1 heterocycles. The van der Waals surface area contributed by atoms with Gasteiger partial charge in [-0.15, -0.1) is 11.8 Å². The minimum atomic E-state index is -0.235. The number of ether oxygens (including phenoxy) is 1. The molecule has 1 aliphatic heterocycles. The summed E-state index contributed by atoms with van der Waals surface area (Å²) in [6.45, 7) is 2.34. The molecule has 0 unspecified atom stereocenters. The molecular weight excluding hydrogens is 361 g/mol. The van der Waals surface area contributed by atoms with E-state index >= 15 is 0 Å². The molecule has 126 valence electrons. The number of carbonyl (C=O) groups is 2. The predicted molar refractivity (Wildman–Crippen MR) is 94.2 cm³/mol. The van der Waals surface area contributed by atoms with Gasteiger partial charge in [-0.25, -0.2) is 0 Å². The van der Waals surface area contributed by atoms with Crippen molar-refractivity contribution in [1.29, 1.82) is 0 Å². The highest BCUT2D eigenvalue weighted by Crippen LogP contribution is 2.31. The Balaban J connectivity index is 1.76. The molecular formula is C14H17Cl2N3O3S. The minimum Gasteiger partial charge on any atom is -0.396 e. The number of morpholine rings is 1. The van der Waals surface area contributed by atoms with E-state index < -0.39 is 0 Å². The summed E-state index contributed by atoms with van der Waals surface area (Å²) in [6.07, 6.45) is 0. The Kier molecular flexibility index (Phi) is 6.83. The van der Waals surface area contributed by atoms with Crippen LogP contribution < -0.4 is 11.1 Å². The van der Waals surface area contributed by atoms with Crippen molar-refractivity contribution in [3.63, 3.8) is 0 Å². The van der Waals surface area contributed by atoms with E-state index in [-0.39, 0.29) is 39.1 Å². The standard InChI is InChI=1S/C14H17Cl2N3O3S/c15-10-5-9(6-11(16)14(10)17)18-12(20)7-23-8-13(21)19-1-3-22-4-2-19/h5-6H,1-4,7-8,17H2,(H,18,20). The number of nitrogens with two attached hydrogens (primary N) is 1. The van der Waals surface area contributed by atoms with Gasteiger partial charge in [0.15, 0.2) is 0 Å². The number of amides is 2. The monoisotopic (exact) mass is 377 g/mol. The maximum Gasteiger partial charge on any atom is 0.234 e. The van der Waals surface area contributed by atoms with Gasteiger partial charge in [0.2, 0.25) is 11.8 Å². The molecule has 6 nitrogen and oxygen atoms in total. The molecule has 1 aromatic carbocycles. The van der Waals surface area contributed by atoms with Gasteiger partial charge in [0.25, 0.3) is 0 Å². The molecule has 1 aromatic rings. The topological polar surface area (TPSA) is 84.7 Å². The molecule has 23 heavy (non-hydrogen) atoms. The van der Waals surface area contributed by atoms with Crippen molar-refractivity contribution in [2.24, 2.45) is 0 Å². The van der Waals surface area contributed by atoms with E-state index in [2.05, 4.69) is 5.32 Å². The van der Waals surface area contributed by atoms with E-state index in [9.17, 15) is 9.59 Å². The molecule has 0 bridgehead atoms. The Labute approximate surface area is 148 Å². The van der Waals surface area contributed by atoms with Gasteiger partial charge in [0.05, 0.1) is 40.5 Å².